The maximum absolute atomic E-state index is 13.5. The number of ether oxygens (including phenoxy) is 1. The van der Waals surface area contributed by atoms with Gasteiger partial charge in [-0.1, -0.05) is 12.8 Å². The lowest BCUT2D eigenvalue weighted by Gasteiger charge is -2.12. The molecule has 3 nitrogen and oxygen atoms in total. The first-order chi connectivity index (χ1) is 9.22. The normalized spacial score (nSPS) is 15.4. The maximum atomic E-state index is 13.5. The van der Waals surface area contributed by atoms with Gasteiger partial charge in [0.05, 0.1) is 24.0 Å². The molecule has 0 atom stereocenters. The van der Waals surface area contributed by atoms with Crippen LogP contribution in [-0.4, -0.2) is 19.3 Å². The Bertz CT molecular complexity index is 479. The molecule has 0 aliphatic heterocycles. The summed E-state index contributed by atoms with van der Waals surface area (Å²) in [6, 6.07) is 4.23. The molecule has 0 bridgehead atoms. The average molecular weight is 266 g/mol. The summed E-state index contributed by atoms with van der Waals surface area (Å²) in [5.74, 6) is -2.12. The van der Waals surface area contributed by atoms with Crippen LogP contribution >= 0.6 is 0 Å². The summed E-state index contributed by atoms with van der Waals surface area (Å²) in [5, 5.41) is 11.4. The molecular weight excluding hydrogens is 250 g/mol. The van der Waals surface area contributed by atoms with E-state index in [1.54, 1.807) is 6.07 Å². The molecule has 1 aromatic carbocycles. The first-order valence-corrected chi connectivity index (χ1v) is 6.46. The van der Waals surface area contributed by atoms with Crippen molar-refractivity contribution in [3.63, 3.8) is 0 Å². The molecular formula is C14H16F2N2O. The highest BCUT2D eigenvalue weighted by molar-refractivity contribution is 5.49. The van der Waals surface area contributed by atoms with Crippen molar-refractivity contribution >= 4 is 5.69 Å². The van der Waals surface area contributed by atoms with E-state index in [1.807, 2.05) is 0 Å². The van der Waals surface area contributed by atoms with Crippen molar-refractivity contribution < 1.29 is 13.5 Å². The second-order valence-electron chi connectivity index (χ2n) is 4.60. The van der Waals surface area contributed by atoms with Crippen molar-refractivity contribution in [2.45, 2.75) is 31.8 Å². The van der Waals surface area contributed by atoms with Crippen molar-refractivity contribution in [2.75, 3.05) is 18.5 Å². The Hall–Kier alpha value is -1.67. The van der Waals surface area contributed by atoms with Gasteiger partial charge in [0, 0.05) is 6.54 Å². The Morgan fingerprint density at radius 3 is 2.68 bits per heavy atom. The fourth-order valence-electron chi connectivity index (χ4n) is 2.24. The lowest BCUT2D eigenvalue weighted by Crippen LogP contribution is -2.16. The molecule has 1 fully saturated rings. The number of rotatable bonds is 5. The summed E-state index contributed by atoms with van der Waals surface area (Å²) in [4.78, 5) is 0. The van der Waals surface area contributed by atoms with Gasteiger partial charge in [0.2, 0.25) is 0 Å². The zero-order valence-corrected chi connectivity index (χ0v) is 10.6. The van der Waals surface area contributed by atoms with Gasteiger partial charge in [-0.05, 0) is 25.0 Å². The molecule has 102 valence electrons. The van der Waals surface area contributed by atoms with Gasteiger partial charge in [0.25, 0.3) is 0 Å². The quantitative estimate of drug-likeness (QED) is 0.832. The minimum absolute atomic E-state index is 0.0616. The van der Waals surface area contributed by atoms with Gasteiger partial charge in [0.15, 0.2) is 11.6 Å². The molecule has 1 aliphatic carbocycles. The lowest BCUT2D eigenvalue weighted by molar-refractivity contribution is 0.0659. The van der Waals surface area contributed by atoms with Gasteiger partial charge >= 0.3 is 0 Å². The maximum Gasteiger partial charge on any atom is 0.183 e. The third-order valence-corrected chi connectivity index (χ3v) is 3.28. The topological polar surface area (TPSA) is 45.0 Å². The predicted octanol–water partition coefficient (Wildman–Crippen LogP) is 3.21. The Kier molecular flexibility index (Phi) is 4.69. The van der Waals surface area contributed by atoms with E-state index < -0.39 is 11.6 Å². The van der Waals surface area contributed by atoms with E-state index in [9.17, 15) is 8.78 Å². The minimum atomic E-state index is -1.11. The fraction of sp³-hybridized carbons (Fsp3) is 0.500. The molecule has 5 heteroatoms. The van der Waals surface area contributed by atoms with Crippen molar-refractivity contribution in [2.24, 2.45) is 0 Å². The Morgan fingerprint density at radius 1 is 1.26 bits per heavy atom. The molecule has 0 radical (unpaired) electrons. The molecule has 0 heterocycles. The first kappa shape index (κ1) is 13.8. The van der Waals surface area contributed by atoms with Crippen LogP contribution in [0.4, 0.5) is 14.5 Å². The van der Waals surface area contributed by atoms with E-state index in [4.69, 9.17) is 10.00 Å². The highest BCUT2D eigenvalue weighted by atomic mass is 19.2. The van der Waals surface area contributed by atoms with Crippen molar-refractivity contribution in [1.29, 1.82) is 5.26 Å². The molecule has 1 saturated carbocycles. The summed E-state index contributed by atoms with van der Waals surface area (Å²) in [5.41, 5.74) is -0.225. The van der Waals surface area contributed by atoms with Gasteiger partial charge in [-0.3, -0.25) is 0 Å². The smallest absolute Gasteiger partial charge is 0.183 e. The number of nitrogens with zero attached hydrogens (tertiary/aromatic N) is 1. The summed E-state index contributed by atoms with van der Waals surface area (Å²) in [7, 11) is 0. The van der Waals surface area contributed by atoms with Crippen LogP contribution in [0.1, 0.15) is 31.2 Å². The largest absolute Gasteiger partial charge is 0.380 e. The lowest BCUT2D eigenvalue weighted by atomic mass is 10.2. The molecule has 1 N–H and O–H groups in total. The molecule has 0 saturated heterocycles. The zero-order valence-electron chi connectivity index (χ0n) is 10.6. The van der Waals surface area contributed by atoms with E-state index >= 15 is 0 Å². The average Bonchev–Trinajstić information content (AvgIpc) is 2.92. The SMILES string of the molecule is N#Cc1ccc(NCCOC2CCCC2)c(F)c1F. The van der Waals surface area contributed by atoms with Crippen LogP contribution in [0, 0.1) is 23.0 Å². The van der Waals surface area contributed by atoms with Gasteiger partial charge < -0.3 is 10.1 Å². The molecule has 19 heavy (non-hydrogen) atoms. The van der Waals surface area contributed by atoms with Crippen LogP contribution in [0.15, 0.2) is 12.1 Å². The van der Waals surface area contributed by atoms with Crippen molar-refractivity contribution in [1.82, 2.24) is 0 Å². The van der Waals surface area contributed by atoms with Crippen LogP contribution in [0.2, 0.25) is 0 Å². The molecule has 1 aromatic rings. The highest BCUT2D eigenvalue weighted by Crippen LogP contribution is 2.21. The molecule has 0 unspecified atom stereocenters. The first-order valence-electron chi connectivity index (χ1n) is 6.46. The molecule has 2 rings (SSSR count). The number of benzene rings is 1. The van der Waals surface area contributed by atoms with Gasteiger partial charge in [-0.15, -0.1) is 0 Å². The van der Waals surface area contributed by atoms with Crippen molar-refractivity contribution in [3.8, 4) is 6.07 Å². The summed E-state index contributed by atoms with van der Waals surface area (Å²) >= 11 is 0. The summed E-state index contributed by atoms with van der Waals surface area (Å²) in [6.07, 6.45) is 4.88. The number of anilines is 1. The van der Waals surface area contributed by atoms with E-state index in [0.29, 0.717) is 19.3 Å². The number of nitriles is 1. The Balaban J connectivity index is 1.82. The minimum Gasteiger partial charge on any atom is -0.380 e. The monoisotopic (exact) mass is 266 g/mol. The standard InChI is InChI=1S/C14H16F2N2O/c15-13-10(9-17)5-6-12(14(13)16)18-7-8-19-11-3-1-2-4-11/h5-6,11,18H,1-4,7-8H2. The van der Waals surface area contributed by atoms with E-state index in [-0.39, 0.29) is 11.3 Å². The van der Waals surface area contributed by atoms with Crippen LogP contribution < -0.4 is 5.32 Å². The van der Waals surface area contributed by atoms with E-state index in [2.05, 4.69) is 5.32 Å². The molecule has 0 aromatic heterocycles. The van der Waals surface area contributed by atoms with Crippen LogP contribution in [-0.2, 0) is 4.74 Å². The Labute approximate surface area is 111 Å². The number of hydrogen-bond donors (Lipinski definition) is 1. The van der Waals surface area contributed by atoms with Crippen molar-refractivity contribution in [3.05, 3.63) is 29.3 Å². The van der Waals surface area contributed by atoms with Gasteiger partial charge in [-0.25, -0.2) is 8.78 Å². The molecule has 0 spiro atoms. The van der Waals surface area contributed by atoms with E-state index in [0.717, 1.165) is 12.8 Å². The molecule has 0 amide bonds. The predicted molar refractivity (Wildman–Crippen MR) is 67.8 cm³/mol. The Morgan fingerprint density at radius 2 is 2.00 bits per heavy atom. The molecule has 1 aliphatic rings. The van der Waals surface area contributed by atoms with E-state index in [1.165, 1.54) is 25.0 Å². The zero-order chi connectivity index (χ0) is 13.7. The van der Waals surface area contributed by atoms with Gasteiger partial charge in [-0.2, -0.15) is 5.26 Å². The van der Waals surface area contributed by atoms with Gasteiger partial charge in [0.1, 0.15) is 6.07 Å². The summed E-state index contributed by atoms with van der Waals surface area (Å²) in [6.45, 7) is 0.879. The highest BCUT2D eigenvalue weighted by Gasteiger charge is 2.15. The van der Waals surface area contributed by atoms with Crippen LogP contribution in [0.3, 0.4) is 0 Å². The second kappa shape index (κ2) is 6.48. The number of nitrogens with one attached hydrogen (secondary N) is 1. The third-order valence-electron chi connectivity index (χ3n) is 3.28. The number of halogens is 2. The van der Waals surface area contributed by atoms with Crippen LogP contribution in [0.5, 0.6) is 0 Å². The number of hydrogen-bond acceptors (Lipinski definition) is 3. The third kappa shape index (κ3) is 3.42. The van der Waals surface area contributed by atoms with Crippen LogP contribution in [0.25, 0.3) is 0 Å². The second-order valence-corrected chi connectivity index (χ2v) is 4.60. The fourth-order valence-corrected chi connectivity index (χ4v) is 2.24. The summed E-state index contributed by atoms with van der Waals surface area (Å²) < 4.78 is 32.5.